The quantitative estimate of drug-likeness (QED) is 0.915. The summed E-state index contributed by atoms with van der Waals surface area (Å²) in [7, 11) is 0. The zero-order valence-corrected chi connectivity index (χ0v) is 13.5. The van der Waals surface area contributed by atoms with Crippen LogP contribution in [0.15, 0.2) is 42.5 Å². The van der Waals surface area contributed by atoms with Crippen LogP contribution < -0.4 is 14.8 Å². The van der Waals surface area contributed by atoms with Gasteiger partial charge in [-0.3, -0.25) is 0 Å². The van der Waals surface area contributed by atoms with Crippen molar-refractivity contribution in [3.63, 3.8) is 0 Å². The molecule has 24 heavy (non-hydrogen) atoms. The monoisotopic (exact) mass is 320 g/mol. The lowest BCUT2D eigenvalue weighted by atomic mass is 10.0. The van der Waals surface area contributed by atoms with Crippen molar-refractivity contribution in [2.24, 2.45) is 5.92 Å². The maximum atomic E-state index is 8.89. The molecule has 1 aliphatic heterocycles. The predicted octanol–water partition coefficient (Wildman–Crippen LogP) is 3.57. The number of hydrogen-bond donors (Lipinski definition) is 1. The maximum Gasteiger partial charge on any atom is 0.161 e. The fourth-order valence-electron chi connectivity index (χ4n) is 3.16. The van der Waals surface area contributed by atoms with Crippen molar-refractivity contribution in [1.82, 2.24) is 5.32 Å². The van der Waals surface area contributed by atoms with Crippen LogP contribution in [0, 0.1) is 17.2 Å². The molecule has 0 aromatic heterocycles. The summed E-state index contributed by atoms with van der Waals surface area (Å²) >= 11 is 0. The van der Waals surface area contributed by atoms with Gasteiger partial charge >= 0.3 is 0 Å². The highest BCUT2D eigenvalue weighted by Gasteiger charge is 2.32. The number of ether oxygens (including phenoxy) is 2. The third-order valence-corrected chi connectivity index (χ3v) is 4.63. The molecule has 2 aromatic rings. The first-order chi connectivity index (χ1) is 11.8. The van der Waals surface area contributed by atoms with Crippen LogP contribution in [-0.2, 0) is 6.54 Å². The number of fused-ring (bicyclic) bond motifs is 1. The molecule has 1 N–H and O–H groups in total. The van der Waals surface area contributed by atoms with Gasteiger partial charge in [-0.2, -0.15) is 5.26 Å². The van der Waals surface area contributed by atoms with Crippen LogP contribution in [0.3, 0.4) is 0 Å². The first-order valence-electron chi connectivity index (χ1n) is 8.45. The second kappa shape index (κ2) is 6.54. The molecule has 122 valence electrons. The van der Waals surface area contributed by atoms with E-state index in [2.05, 4.69) is 23.5 Å². The van der Waals surface area contributed by atoms with Gasteiger partial charge in [-0.25, -0.2) is 0 Å². The summed E-state index contributed by atoms with van der Waals surface area (Å²) in [5.41, 5.74) is 3.15. The lowest BCUT2D eigenvalue weighted by molar-refractivity contribution is 0.171. The van der Waals surface area contributed by atoms with Gasteiger partial charge in [0.25, 0.3) is 0 Å². The highest BCUT2D eigenvalue weighted by atomic mass is 16.6. The highest BCUT2D eigenvalue weighted by molar-refractivity contribution is 5.45. The largest absolute Gasteiger partial charge is 0.486 e. The molecule has 0 radical (unpaired) electrons. The van der Waals surface area contributed by atoms with E-state index in [9.17, 15) is 0 Å². The molecule has 1 fully saturated rings. The van der Waals surface area contributed by atoms with Crippen LogP contribution in [0.25, 0.3) is 0 Å². The van der Waals surface area contributed by atoms with Crippen LogP contribution in [0.2, 0.25) is 0 Å². The molecule has 4 rings (SSSR count). The summed E-state index contributed by atoms with van der Waals surface area (Å²) < 4.78 is 11.3. The number of nitrogens with one attached hydrogen (secondary N) is 1. The van der Waals surface area contributed by atoms with E-state index in [1.165, 1.54) is 24.0 Å². The average molecular weight is 320 g/mol. The number of nitriles is 1. The van der Waals surface area contributed by atoms with Crippen molar-refractivity contribution in [3.05, 3.63) is 59.2 Å². The van der Waals surface area contributed by atoms with E-state index in [1.54, 1.807) is 0 Å². The molecule has 4 nitrogen and oxygen atoms in total. The van der Waals surface area contributed by atoms with E-state index in [-0.39, 0.29) is 0 Å². The van der Waals surface area contributed by atoms with Gasteiger partial charge in [-0.15, -0.1) is 0 Å². The number of rotatable bonds is 5. The van der Waals surface area contributed by atoms with Gasteiger partial charge in [0.15, 0.2) is 11.5 Å². The standard InChI is InChI=1S/C20H20N2O2/c21-12-14-1-3-15(4-2-14)13-22-20(16-5-6-16)17-7-8-18-19(11-17)24-10-9-23-18/h1-4,7-8,11,16,20,22H,5-6,9-10,13H2/t20-/m0/s1. The van der Waals surface area contributed by atoms with E-state index in [0.717, 1.165) is 18.0 Å². The van der Waals surface area contributed by atoms with E-state index >= 15 is 0 Å². The molecular weight excluding hydrogens is 300 g/mol. The normalized spacial score (nSPS) is 17.1. The molecule has 4 heteroatoms. The minimum Gasteiger partial charge on any atom is -0.486 e. The van der Waals surface area contributed by atoms with E-state index in [0.29, 0.717) is 30.7 Å². The van der Waals surface area contributed by atoms with Gasteiger partial charge in [-0.1, -0.05) is 18.2 Å². The zero-order chi connectivity index (χ0) is 16.4. The van der Waals surface area contributed by atoms with Gasteiger partial charge in [-0.05, 0) is 54.2 Å². The molecule has 2 aliphatic rings. The topological polar surface area (TPSA) is 54.3 Å². The van der Waals surface area contributed by atoms with Gasteiger partial charge in [0.2, 0.25) is 0 Å². The van der Waals surface area contributed by atoms with Crippen LogP contribution in [0.4, 0.5) is 0 Å². The Labute approximate surface area is 142 Å². The molecule has 0 spiro atoms. The average Bonchev–Trinajstić information content (AvgIpc) is 3.47. The summed E-state index contributed by atoms with van der Waals surface area (Å²) in [6, 6.07) is 16.5. The summed E-state index contributed by atoms with van der Waals surface area (Å²) in [4.78, 5) is 0. The lowest BCUT2D eigenvalue weighted by Gasteiger charge is -2.23. The van der Waals surface area contributed by atoms with E-state index in [4.69, 9.17) is 14.7 Å². The summed E-state index contributed by atoms with van der Waals surface area (Å²) in [6.07, 6.45) is 2.53. The third kappa shape index (κ3) is 3.22. The van der Waals surface area contributed by atoms with Gasteiger partial charge < -0.3 is 14.8 Å². The molecule has 2 aromatic carbocycles. The number of nitrogens with zero attached hydrogens (tertiary/aromatic N) is 1. The molecule has 0 amide bonds. The van der Waals surface area contributed by atoms with Crippen molar-refractivity contribution < 1.29 is 9.47 Å². The minimum atomic E-state index is 0.330. The van der Waals surface area contributed by atoms with Crippen molar-refractivity contribution in [2.45, 2.75) is 25.4 Å². The first kappa shape index (κ1) is 15.0. The SMILES string of the molecule is N#Cc1ccc(CN[C@H](c2ccc3c(c2)OCCO3)C2CC2)cc1. The highest BCUT2D eigenvalue weighted by Crippen LogP contribution is 2.43. The Morgan fingerprint density at radius 1 is 1.04 bits per heavy atom. The fraction of sp³-hybridized carbons (Fsp3) is 0.350. The zero-order valence-electron chi connectivity index (χ0n) is 13.5. The molecular formula is C20H20N2O2. The van der Waals surface area contributed by atoms with Gasteiger partial charge in [0.1, 0.15) is 13.2 Å². The Bertz CT molecular complexity index is 760. The smallest absolute Gasteiger partial charge is 0.161 e. The van der Waals surface area contributed by atoms with Crippen molar-refractivity contribution >= 4 is 0 Å². The third-order valence-electron chi connectivity index (χ3n) is 4.63. The molecule has 0 bridgehead atoms. The lowest BCUT2D eigenvalue weighted by Crippen LogP contribution is -2.23. The van der Waals surface area contributed by atoms with Crippen LogP contribution >= 0.6 is 0 Å². The molecule has 1 aliphatic carbocycles. The van der Waals surface area contributed by atoms with Crippen LogP contribution in [0.1, 0.15) is 35.6 Å². The Balaban J connectivity index is 1.49. The van der Waals surface area contributed by atoms with Gasteiger partial charge in [0, 0.05) is 12.6 Å². The van der Waals surface area contributed by atoms with Crippen molar-refractivity contribution in [3.8, 4) is 17.6 Å². The Morgan fingerprint density at radius 3 is 2.50 bits per heavy atom. The fourth-order valence-corrected chi connectivity index (χ4v) is 3.16. The molecule has 0 saturated heterocycles. The Morgan fingerprint density at radius 2 is 1.79 bits per heavy atom. The van der Waals surface area contributed by atoms with Crippen LogP contribution in [-0.4, -0.2) is 13.2 Å². The summed E-state index contributed by atoms with van der Waals surface area (Å²) in [5.74, 6) is 2.38. The summed E-state index contributed by atoms with van der Waals surface area (Å²) in [5, 5.41) is 12.6. The second-order valence-corrected chi connectivity index (χ2v) is 6.41. The Kier molecular flexibility index (Phi) is 4.10. The molecule has 1 saturated carbocycles. The molecule has 1 heterocycles. The van der Waals surface area contributed by atoms with Crippen LogP contribution in [0.5, 0.6) is 11.5 Å². The predicted molar refractivity (Wildman–Crippen MR) is 90.9 cm³/mol. The molecule has 1 atom stereocenters. The van der Waals surface area contributed by atoms with Crippen molar-refractivity contribution in [2.75, 3.05) is 13.2 Å². The first-order valence-corrected chi connectivity index (χ1v) is 8.45. The number of hydrogen-bond acceptors (Lipinski definition) is 4. The van der Waals surface area contributed by atoms with E-state index in [1.807, 2.05) is 30.3 Å². The van der Waals surface area contributed by atoms with E-state index < -0.39 is 0 Å². The Hall–Kier alpha value is -2.51. The number of benzene rings is 2. The second-order valence-electron chi connectivity index (χ2n) is 6.41. The van der Waals surface area contributed by atoms with Gasteiger partial charge in [0.05, 0.1) is 11.6 Å². The van der Waals surface area contributed by atoms with Crippen molar-refractivity contribution in [1.29, 1.82) is 5.26 Å². The maximum absolute atomic E-state index is 8.89. The molecule has 0 unspecified atom stereocenters. The summed E-state index contributed by atoms with van der Waals surface area (Å²) in [6.45, 7) is 2.03. The minimum absolute atomic E-state index is 0.330.